The highest BCUT2D eigenvalue weighted by atomic mass is 16.4. The van der Waals surface area contributed by atoms with Crippen molar-refractivity contribution >= 4 is 5.97 Å². The molecule has 0 heterocycles. The van der Waals surface area contributed by atoms with Crippen LogP contribution >= 0.6 is 0 Å². The Morgan fingerprint density at radius 1 is 1.50 bits per heavy atom. The Morgan fingerprint density at radius 3 is 2.30 bits per heavy atom. The predicted molar refractivity (Wildman–Crippen MR) is 34.5 cm³/mol. The average Bonchev–Trinajstić information content (AvgIpc) is 1.82. The van der Waals surface area contributed by atoms with Gasteiger partial charge in [-0.2, -0.15) is 0 Å². The fourth-order valence-corrected chi connectivity index (χ4v) is 0.342. The van der Waals surface area contributed by atoms with Crippen LogP contribution in [0.5, 0.6) is 0 Å². The largest absolute Gasteiger partial charge is 0.478 e. The molecule has 0 aromatic rings. The SMILES string of the molecule is C[C@@H](O)[C@@H](O)/C=C/C(=O)O. The van der Waals surface area contributed by atoms with E-state index in [9.17, 15) is 4.79 Å². The van der Waals surface area contributed by atoms with E-state index >= 15 is 0 Å². The second kappa shape index (κ2) is 4.03. The molecule has 0 saturated heterocycles. The highest BCUT2D eigenvalue weighted by molar-refractivity contribution is 5.79. The molecule has 2 atom stereocenters. The molecule has 0 rings (SSSR count). The highest BCUT2D eigenvalue weighted by Crippen LogP contribution is 1.92. The van der Waals surface area contributed by atoms with Crippen molar-refractivity contribution in [3.05, 3.63) is 12.2 Å². The third-order valence-electron chi connectivity index (χ3n) is 0.930. The predicted octanol–water partition coefficient (Wildman–Crippen LogP) is -0.631. The fourth-order valence-electron chi connectivity index (χ4n) is 0.342. The van der Waals surface area contributed by atoms with Gasteiger partial charge in [0.1, 0.15) is 0 Å². The standard InChI is InChI=1S/C6H10O4/c1-4(7)5(8)2-3-6(9)10/h2-5,7-8H,1H3,(H,9,10)/b3-2+/t4-,5+/m1/s1. The number of hydrogen-bond acceptors (Lipinski definition) is 3. The summed E-state index contributed by atoms with van der Waals surface area (Å²) < 4.78 is 0. The molecule has 0 bridgehead atoms. The molecule has 0 spiro atoms. The van der Waals surface area contributed by atoms with Crippen LogP contribution in [0, 0.1) is 0 Å². The number of rotatable bonds is 3. The van der Waals surface area contributed by atoms with Gasteiger partial charge in [-0.25, -0.2) is 4.79 Å². The van der Waals surface area contributed by atoms with Gasteiger partial charge in [0.25, 0.3) is 0 Å². The lowest BCUT2D eigenvalue weighted by Crippen LogP contribution is -2.19. The maximum absolute atomic E-state index is 9.85. The van der Waals surface area contributed by atoms with E-state index in [2.05, 4.69) is 0 Å². The number of carboxylic acid groups (broad SMARTS) is 1. The van der Waals surface area contributed by atoms with Crippen molar-refractivity contribution in [1.29, 1.82) is 0 Å². The molecule has 58 valence electrons. The lowest BCUT2D eigenvalue weighted by molar-refractivity contribution is -0.131. The minimum absolute atomic E-state index is 0.789. The molecule has 0 aliphatic carbocycles. The molecule has 10 heavy (non-hydrogen) atoms. The van der Waals surface area contributed by atoms with Gasteiger partial charge in [0.05, 0.1) is 12.2 Å². The van der Waals surface area contributed by atoms with Crippen molar-refractivity contribution in [2.75, 3.05) is 0 Å². The zero-order valence-electron chi connectivity index (χ0n) is 5.56. The van der Waals surface area contributed by atoms with Crippen molar-refractivity contribution in [2.24, 2.45) is 0 Å². The van der Waals surface area contributed by atoms with Crippen LogP contribution in [0.4, 0.5) is 0 Å². The van der Waals surface area contributed by atoms with Crippen LogP contribution in [-0.2, 0) is 4.79 Å². The molecule has 3 N–H and O–H groups in total. The molecular formula is C6H10O4. The summed E-state index contributed by atoms with van der Waals surface area (Å²) in [6.45, 7) is 1.37. The average molecular weight is 146 g/mol. The summed E-state index contributed by atoms with van der Waals surface area (Å²) in [4.78, 5) is 9.85. The number of aliphatic hydroxyl groups excluding tert-OH is 2. The first-order chi connectivity index (χ1) is 4.54. The first-order valence-corrected chi connectivity index (χ1v) is 2.81. The molecule has 0 aromatic carbocycles. The Morgan fingerprint density at radius 2 is 2.00 bits per heavy atom. The van der Waals surface area contributed by atoms with E-state index in [1.165, 1.54) is 6.92 Å². The second-order valence-electron chi connectivity index (χ2n) is 1.93. The Balaban J connectivity index is 3.77. The molecule has 0 unspecified atom stereocenters. The van der Waals surface area contributed by atoms with Gasteiger partial charge in [-0.05, 0) is 13.0 Å². The molecule has 4 heteroatoms. The third-order valence-corrected chi connectivity index (χ3v) is 0.930. The molecule has 0 aliphatic heterocycles. The number of hydrogen-bond donors (Lipinski definition) is 3. The number of carbonyl (C=O) groups is 1. The van der Waals surface area contributed by atoms with Crippen LogP contribution in [0.2, 0.25) is 0 Å². The maximum atomic E-state index is 9.85. The summed E-state index contributed by atoms with van der Waals surface area (Å²) in [6.07, 6.45) is -0.226. The van der Waals surface area contributed by atoms with E-state index in [4.69, 9.17) is 15.3 Å². The molecule has 0 saturated carbocycles. The van der Waals surface area contributed by atoms with Crippen LogP contribution in [0.1, 0.15) is 6.92 Å². The summed E-state index contributed by atoms with van der Waals surface area (Å²) in [5, 5.41) is 25.5. The Labute approximate surface area is 58.4 Å². The van der Waals surface area contributed by atoms with Crippen molar-refractivity contribution in [2.45, 2.75) is 19.1 Å². The van der Waals surface area contributed by atoms with Crippen LogP contribution in [0.25, 0.3) is 0 Å². The second-order valence-corrected chi connectivity index (χ2v) is 1.93. The minimum Gasteiger partial charge on any atom is -0.478 e. The number of aliphatic hydroxyl groups is 2. The third kappa shape index (κ3) is 4.05. The maximum Gasteiger partial charge on any atom is 0.328 e. The molecule has 0 radical (unpaired) electrons. The van der Waals surface area contributed by atoms with Gasteiger partial charge in [-0.3, -0.25) is 0 Å². The molecular weight excluding hydrogens is 136 g/mol. The minimum atomic E-state index is -1.14. The Kier molecular flexibility index (Phi) is 3.68. The van der Waals surface area contributed by atoms with E-state index in [-0.39, 0.29) is 0 Å². The zero-order chi connectivity index (χ0) is 8.15. The molecule has 0 aliphatic rings. The van der Waals surface area contributed by atoms with E-state index in [0.717, 1.165) is 12.2 Å². The van der Waals surface area contributed by atoms with Crippen molar-refractivity contribution in [3.8, 4) is 0 Å². The highest BCUT2D eigenvalue weighted by Gasteiger charge is 2.05. The van der Waals surface area contributed by atoms with Crippen molar-refractivity contribution < 1.29 is 20.1 Å². The van der Waals surface area contributed by atoms with Gasteiger partial charge < -0.3 is 15.3 Å². The van der Waals surface area contributed by atoms with Crippen LogP contribution in [0.3, 0.4) is 0 Å². The molecule has 0 fully saturated rings. The first-order valence-electron chi connectivity index (χ1n) is 2.81. The lowest BCUT2D eigenvalue weighted by Gasteiger charge is -2.06. The Bertz CT molecular complexity index is 139. The first kappa shape index (κ1) is 9.13. The topological polar surface area (TPSA) is 77.8 Å². The smallest absolute Gasteiger partial charge is 0.328 e. The Hall–Kier alpha value is -0.870. The lowest BCUT2D eigenvalue weighted by atomic mass is 10.2. The molecule has 0 amide bonds. The van der Waals surface area contributed by atoms with Crippen molar-refractivity contribution in [1.82, 2.24) is 0 Å². The van der Waals surface area contributed by atoms with Gasteiger partial charge in [-0.1, -0.05) is 0 Å². The fraction of sp³-hybridized carbons (Fsp3) is 0.500. The van der Waals surface area contributed by atoms with Crippen LogP contribution in [-0.4, -0.2) is 33.5 Å². The summed E-state index contributed by atoms with van der Waals surface area (Å²) >= 11 is 0. The van der Waals surface area contributed by atoms with Gasteiger partial charge in [-0.15, -0.1) is 0 Å². The van der Waals surface area contributed by atoms with Gasteiger partial charge in [0.2, 0.25) is 0 Å². The number of carboxylic acids is 1. The molecule has 4 nitrogen and oxygen atoms in total. The summed E-state index contributed by atoms with van der Waals surface area (Å²) in [5.41, 5.74) is 0. The van der Waals surface area contributed by atoms with Crippen LogP contribution in [0.15, 0.2) is 12.2 Å². The quantitative estimate of drug-likeness (QED) is 0.463. The zero-order valence-corrected chi connectivity index (χ0v) is 5.56. The van der Waals surface area contributed by atoms with E-state index in [1.807, 2.05) is 0 Å². The molecule has 0 aromatic heterocycles. The van der Waals surface area contributed by atoms with E-state index in [0.29, 0.717) is 0 Å². The van der Waals surface area contributed by atoms with Crippen molar-refractivity contribution in [3.63, 3.8) is 0 Å². The van der Waals surface area contributed by atoms with Crippen LogP contribution < -0.4 is 0 Å². The van der Waals surface area contributed by atoms with Gasteiger partial charge in [0.15, 0.2) is 0 Å². The number of aliphatic carboxylic acids is 1. The summed E-state index contributed by atoms with van der Waals surface area (Å²) in [5.74, 6) is -1.14. The summed E-state index contributed by atoms with van der Waals surface area (Å²) in [7, 11) is 0. The monoisotopic (exact) mass is 146 g/mol. The summed E-state index contributed by atoms with van der Waals surface area (Å²) in [6, 6.07) is 0. The van der Waals surface area contributed by atoms with Gasteiger partial charge in [0, 0.05) is 6.08 Å². The van der Waals surface area contributed by atoms with E-state index in [1.54, 1.807) is 0 Å². The normalized spacial score (nSPS) is 17.1. The van der Waals surface area contributed by atoms with Gasteiger partial charge >= 0.3 is 5.97 Å². The van der Waals surface area contributed by atoms with E-state index < -0.39 is 18.2 Å².